The molecule has 3 nitrogen and oxygen atoms in total. The van der Waals surface area contributed by atoms with E-state index >= 15 is 0 Å². The van der Waals surface area contributed by atoms with Gasteiger partial charge in [-0.2, -0.15) is 0 Å². The van der Waals surface area contributed by atoms with E-state index in [0.717, 1.165) is 11.3 Å². The molecule has 0 atom stereocenters. The molecule has 0 aliphatic heterocycles. The molecule has 0 saturated heterocycles. The van der Waals surface area contributed by atoms with Gasteiger partial charge in [-0.3, -0.25) is 0 Å². The van der Waals surface area contributed by atoms with Gasteiger partial charge in [0.1, 0.15) is 5.75 Å². The molecule has 0 aliphatic rings. The van der Waals surface area contributed by atoms with Crippen molar-refractivity contribution < 1.29 is 4.74 Å². The molecule has 0 bridgehead atoms. The Kier molecular flexibility index (Phi) is 4.77. The quantitative estimate of drug-likeness (QED) is 0.870. The lowest BCUT2D eigenvalue weighted by molar-refractivity contribution is 0.451. The van der Waals surface area contributed by atoms with Crippen molar-refractivity contribution in [1.82, 2.24) is 4.98 Å². The average molecular weight is 325 g/mol. The van der Waals surface area contributed by atoms with Crippen molar-refractivity contribution in [3.05, 3.63) is 51.6 Å². The van der Waals surface area contributed by atoms with Crippen LogP contribution in [-0.4, -0.2) is 4.98 Å². The third kappa shape index (κ3) is 4.34. The molecule has 0 amide bonds. The summed E-state index contributed by atoms with van der Waals surface area (Å²) in [5, 5.41) is 1.03. The van der Waals surface area contributed by atoms with Crippen LogP contribution in [0.4, 0.5) is 0 Å². The van der Waals surface area contributed by atoms with Gasteiger partial charge in [0.2, 0.25) is 5.88 Å². The normalized spacial score (nSPS) is 11.5. The number of aromatic nitrogens is 1. The monoisotopic (exact) mass is 324 g/mol. The maximum atomic E-state index is 5.97. The third-order valence-electron chi connectivity index (χ3n) is 2.92. The molecule has 0 unspecified atom stereocenters. The maximum Gasteiger partial charge on any atom is 0.219 e. The van der Waals surface area contributed by atoms with Gasteiger partial charge in [0.15, 0.2) is 0 Å². The molecule has 21 heavy (non-hydrogen) atoms. The highest BCUT2D eigenvalue weighted by Crippen LogP contribution is 2.30. The third-order valence-corrected chi connectivity index (χ3v) is 3.36. The van der Waals surface area contributed by atoms with E-state index in [0.29, 0.717) is 28.2 Å². The standard InChI is InChI=1S/C16H18Cl2N2O/c1-16(2,3)14-4-10(9-19)5-15(20-14)21-13-7-11(17)6-12(18)8-13/h4-8H,9,19H2,1-3H3. The van der Waals surface area contributed by atoms with Crippen molar-refractivity contribution in [2.24, 2.45) is 5.73 Å². The van der Waals surface area contributed by atoms with Crippen LogP contribution in [0.5, 0.6) is 11.6 Å². The zero-order valence-corrected chi connectivity index (χ0v) is 13.8. The highest BCUT2D eigenvalue weighted by atomic mass is 35.5. The first-order valence-electron chi connectivity index (χ1n) is 6.63. The summed E-state index contributed by atoms with van der Waals surface area (Å²) in [6.07, 6.45) is 0. The summed E-state index contributed by atoms with van der Waals surface area (Å²) < 4.78 is 5.78. The van der Waals surface area contributed by atoms with Gasteiger partial charge in [0.25, 0.3) is 0 Å². The van der Waals surface area contributed by atoms with Crippen molar-refractivity contribution in [3.63, 3.8) is 0 Å². The summed E-state index contributed by atoms with van der Waals surface area (Å²) >= 11 is 11.9. The van der Waals surface area contributed by atoms with Crippen LogP contribution in [0.15, 0.2) is 30.3 Å². The highest BCUT2D eigenvalue weighted by Gasteiger charge is 2.17. The summed E-state index contributed by atoms with van der Waals surface area (Å²) in [7, 11) is 0. The molecule has 0 saturated carbocycles. The molecule has 2 aromatic rings. The predicted molar refractivity (Wildman–Crippen MR) is 87.4 cm³/mol. The van der Waals surface area contributed by atoms with Gasteiger partial charge in [0, 0.05) is 28.1 Å². The highest BCUT2D eigenvalue weighted by molar-refractivity contribution is 6.34. The number of pyridine rings is 1. The van der Waals surface area contributed by atoms with E-state index in [-0.39, 0.29) is 5.41 Å². The Labute approximate surface area is 135 Å². The van der Waals surface area contributed by atoms with Crippen LogP contribution in [0.1, 0.15) is 32.0 Å². The Balaban J connectivity index is 2.39. The Hall–Kier alpha value is -1.29. The van der Waals surface area contributed by atoms with Crippen LogP contribution in [0.2, 0.25) is 10.0 Å². The fourth-order valence-corrected chi connectivity index (χ4v) is 2.33. The van der Waals surface area contributed by atoms with E-state index < -0.39 is 0 Å². The lowest BCUT2D eigenvalue weighted by Crippen LogP contribution is -2.15. The smallest absolute Gasteiger partial charge is 0.219 e. The minimum Gasteiger partial charge on any atom is -0.439 e. The molecular formula is C16H18Cl2N2O. The first-order valence-corrected chi connectivity index (χ1v) is 7.39. The van der Waals surface area contributed by atoms with E-state index in [4.69, 9.17) is 33.7 Å². The average Bonchev–Trinajstić information content (AvgIpc) is 2.36. The number of nitrogens with two attached hydrogens (primary N) is 1. The Morgan fingerprint density at radius 1 is 1.05 bits per heavy atom. The largest absolute Gasteiger partial charge is 0.439 e. The van der Waals surface area contributed by atoms with E-state index in [1.54, 1.807) is 18.2 Å². The van der Waals surface area contributed by atoms with Crippen molar-refractivity contribution in [2.45, 2.75) is 32.7 Å². The van der Waals surface area contributed by atoms with Crippen LogP contribution in [0.3, 0.4) is 0 Å². The van der Waals surface area contributed by atoms with Crippen molar-refractivity contribution in [1.29, 1.82) is 0 Å². The molecule has 1 aromatic heterocycles. The second kappa shape index (κ2) is 6.22. The van der Waals surface area contributed by atoms with E-state index in [9.17, 15) is 0 Å². The number of nitrogens with zero attached hydrogens (tertiary/aromatic N) is 1. The van der Waals surface area contributed by atoms with Crippen LogP contribution < -0.4 is 10.5 Å². The number of rotatable bonds is 3. The Morgan fingerprint density at radius 3 is 2.19 bits per heavy atom. The molecule has 0 radical (unpaired) electrons. The Morgan fingerprint density at radius 2 is 1.67 bits per heavy atom. The molecule has 1 aromatic carbocycles. The molecule has 0 aliphatic carbocycles. The number of halogens is 2. The minimum atomic E-state index is -0.0880. The van der Waals surface area contributed by atoms with Crippen molar-refractivity contribution in [2.75, 3.05) is 0 Å². The summed E-state index contributed by atoms with van der Waals surface area (Å²) in [6.45, 7) is 6.71. The molecule has 0 fully saturated rings. The van der Waals surface area contributed by atoms with Gasteiger partial charge in [-0.05, 0) is 29.8 Å². The first kappa shape index (κ1) is 16.1. The molecule has 5 heteroatoms. The maximum absolute atomic E-state index is 5.97. The minimum absolute atomic E-state index is 0.0880. The molecule has 2 rings (SSSR count). The summed E-state index contributed by atoms with van der Waals surface area (Å²) in [4.78, 5) is 4.54. The van der Waals surface area contributed by atoms with Crippen LogP contribution in [-0.2, 0) is 12.0 Å². The zero-order chi connectivity index (χ0) is 15.6. The fraction of sp³-hybridized carbons (Fsp3) is 0.312. The SMILES string of the molecule is CC(C)(C)c1cc(CN)cc(Oc2cc(Cl)cc(Cl)c2)n1. The first-order chi connectivity index (χ1) is 9.77. The summed E-state index contributed by atoms with van der Waals surface area (Å²) in [5.74, 6) is 1.04. The number of hydrogen-bond donors (Lipinski definition) is 1. The summed E-state index contributed by atoms with van der Waals surface area (Å²) in [6, 6.07) is 8.87. The lowest BCUT2D eigenvalue weighted by atomic mass is 9.91. The predicted octanol–water partition coefficient (Wildman–Crippen LogP) is 4.94. The van der Waals surface area contributed by atoms with Gasteiger partial charge in [-0.1, -0.05) is 44.0 Å². The van der Waals surface area contributed by atoms with Gasteiger partial charge in [0.05, 0.1) is 5.69 Å². The van der Waals surface area contributed by atoms with E-state index in [1.807, 2.05) is 12.1 Å². The second-order valence-corrected chi connectivity index (χ2v) is 6.73. The molecular weight excluding hydrogens is 307 g/mol. The number of hydrogen-bond acceptors (Lipinski definition) is 3. The van der Waals surface area contributed by atoms with Crippen molar-refractivity contribution >= 4 is 23.2 Å². The fourth-order valence-electron chi connectivity index (χ4n) is 1.82. The van der Waals surface area contributed by atoms with Crippen LogP contribution in [0.25, 0.3) is 0 Å². The molecule has 2 N–H and O–H groups in total. The molecule has 1 heterocycles. The lowest BCUT2D eigenvalue weighted by Gasteiger charge is -2.19. The Bertz CT molecular complexity index is 631. The van der Waals surface area contributed by atoms with E-state index in [2.05, 4.69) is 25.8 Å². The van der Waals surface area contributed by atoms with Gasteiger partial charge in [-0.15, -0.1) is 0 Å². The second-order valence-electron chi connectivity index (χ2n) is 5.86. The number of ether oxygens (including phenoxy) is 1. The molecule has 0 spiro atoms. The van der Waals surface area contributed by atoms with Gasteiger partial charge >= 0.3 is 0 Å². The van der Waals surface area contributed by atoms with Crippen LogP contribution in [0, 0.1) is 0 Å². The van der Waals surface area contributed by atoms with Crippen LogP contribution >= 0.6 is 23.2 Å². The van der Waals surface area contributed by atoms with Crippen molar-refractivity contribution in [3.8, 4) is 11.6 Å². The van der Waals surface area contributed by atoms with Gasteiger partial charge < -0.3 is 10.5 Å². The molecule has 112 valence electrons. The van der Waals surface area contributed by atoms with E-state index in [1.165, 1.54) is 0 Å². The zero-order valence-electron chi connectivity index (χ0n) is 12.3. The van der Waals surface area contributed by atoms with Gasteiger partial charge in [-0.25, -0.2) is 4.98 Å². The number of benzene rings is 1. The summed E-state index contributed by atoms with van der Waals surface area (Å²) in [5.41, 5.74) is 7.55. The topological polar surface area (TPSA) is 48.1 Å².